The monoisotopic (exact) mass is 328 g/mol. The van der Waals surface area contributed by atoms with Crippen molar-refractivity contribution in [3.63, 3.8) is 0 Å². The van der Waals surface area contributed by atoms with Gasteiger partial charge < -0.3 is 5.32 Å². The highest BCUT2D eigenvalue weighted by Gasteiger charge is 2.06. The number of thiazole rings is 1. The van der Waals surface area contributed by atoms with Crippen molar-refractivity contribution in [3.8, 4) is 0 Å². The Morgan fingerprint density at radius 3 is 2.89 bits per heavy atom. The molecule has 5 heteroatoms. The van der Waals surface area contributed by atoms with Gasteiger partial charge in [0.1, 0.15) is 5.82 Å². The van der Waals surface area contributed by atoms with Crippen molar-refractivity contribution in [2.75, 3.05) is 5.32 Å². The lowest BCUT2D eigenvalue weighted by molar-refractivity contribution is 0.620. The maximum absolute atomic E-state index is 13.3. The number of nitrogens with one attached hydrogen (secondary N) is 1. The molecular formula is C13H14BrFN2S. The summed E-state index contributed by atoms with van der Waals surface area (Å²) in [6.45, 7) is 4.70. The molecule has 0 spiro atoms. The Labute approximate surface area is 118 Å². The standard InChI is InChI=1S/C13H14BrFN2S/c1-3-13-17-7-9(18-13)6-16-12-5-10(14)11(15)4-8(12)2/h4-5,7,16H,3,6H2,1-2H3. The molecule has 0 fully saturated rings. The van der Waals surface area contributed by atoms with E-state index in [2.05, 4.69) is 33.2 Å². The van der Waals surface area contributed by atoms with Gasteiger partial charge in [-0.3, -0.25) is 0 Å². The van der Waals surface area contributed by atoms with E-state index in [4.69, 9.17) is 0 Å². The summed E-state index contributed by atoms with van der Waals surface area (Å²) in [7, 11) is 0. The molecule has 0 aliphatic rings. The molecule has 1 aromatic carbocycles. The zero-order valence-electron chi connectivity index (χ0n) is 10.3. The molecule has 96 valence electrons. The van der Waals surface area contributed by atoms with Crippen LogP contribution in [0.1, 0.15) is 22.4 Å². The highest BCUT2D eigenvalue weighted by Crippen LogP contribution is 2.25. The van der Waals surface area contributed by atoms with Crippen LogP contribution in [0.3, 0.4) is 0 Å². The number of hydrogen-bond acceptors (Lipinski definition) is 3. The minimum atomic E-state index is -0.232. The number of rotatable bonds is 4. The highest BCUT2D eigenvalue weighted by atomic mass is 79.9. The molecule has 0 atom stereocenters. The molecule has 1 N–H and O–H groups in total. The lowest BCUT2D eigenvalue weighted by Crippen LogP contribution is -2.00. The van der Waals surface area contributed by atoms with E-state index in [9.17, 15) is 4.39 Å². The van der Waals surface area contributed by atoms with Crippen molar-refractivity contribution < 1.29 is 4.39 Å². The summed E-state index contributed by atoms with van der Waals surface area (Å²) in [5.74, 6) is -0.232. The Bertz CT molecular complexity index is 554. The summed E-state index contributed by atoms with van der Waals surface area (Å²) in [6.07, 6.45) is 2.86. The molecule has 0 aliphatic heterocycles. The predicted octanol–water partition coefficient (Wildman–Crippen LogP) is 4.53. The van der Waals surface area contributed by atoms with E-state index in [1.165, 1.54) is 10.9 Å². The predicted molar refractivity (Wildman–Crippen MR) is 77.7 cm³/mol. The molecule has 0 radical (unpaired) electrons. The summed E-state index contributed by atoms with van der Waals surface area (Å²) < 4.78 is 13.8. The molecule has 2 nitrogen and oxygen atoms in total. The minimum Gasteiger partial charge on any atom is -0.380 e. The van der Waals surface area contributed by atoms with E-state index in [0.29, 0.717) is 4.47 Å². The van der Waals surface area contributed by atoms with Crippen molar-refractivity contribution in [3.05, 3.63) is 44.1 Å². The van der Waals surface area contributed by atoms with E-state index >= 15 is 0 Å². The second kappa shape index (κ2) is 5.80. The molecule has 1 heterocycles. The van der Waals surface area contributed by atoms with Crippen molar-refractivity contribution >= 4 is 33.0 Å². The average molecular weight is 329 g/mol. The third-order valence-corrected chi connectivity index (χ3v) is 4.37. The van der Waals surface area contributed by atoms with Crippen LogP contribution in [0.5, 0.6) is 0 Å². The maximum Gasteiger partial charge on any atom is 0.137 e. The molecule has 2 aromatic rings. The third-order valence-electron chi connectivity index (χ3n) is 2.62. The van der Waals surface area contributed by atoms with Gasteiger partial charge in [-0.1, -0.05) is 6.92 Å². The van der Waals surface area contributed by atoms with Crippen molar-refractivity contribution in [1.82, 2.24) is 4.98 Å². The van der Waals surface area contributed by atoms with Gasteiger partial charge in [0.05, 0.1) is 16.0 Å². The van der Waals surface area contributed by atoms with Crippen molar-refractivity contribution in [2.24, 2.45) is 0 Å². The van der Waals surface area contributed by atoms with Crippen LogP contribution >= 0.6 is 27.3 Å². The van der Waals surface area contributed by atoms with Crippen LogP contribution in [-0.4, -0.2) is 4.98 Å². The number of halogens is 2. The van der Waals surface area contributed by atoms with Crippen LogP contribution in [-0.2, 0) is 13.0 Å². The highest BCUT2D eigenvalue weighted by molar-refractivity contribution is 9.10. The number of nitrogens with zero attached hydrogens (tertiary/aromatic N) is 1. The van der Waals surface area contributed by atoms with Gasteiger partial charge in [0.25, 0.3) is 0 Å². The van der Waals surface area contributed by atoms with Crippen LogP contribution in [0.15, 0.2) is 22.8 Å². The van der Waals surface area contributed by atoms with E-state index in [-0.39, 0.29) is 5.82 Å². The normalized spacial score (nSPS) is 10.7. The Morgan fingerprint density at radius 2 is 2.22 bits per heavy atom. The van der Waals surface area contributed by atoms with Crippen LogP contribution in [0, 0.1) is 12.7 Å². The smallest absolute Gasteiger partial charge is 0.137 e. The lowest BCUT2D eigenvalue weighted by atomic mass is 10.2. The minimum absolute atomic E-state index is 0.232. The first-order chi connectivity index (χ1) is 8.60. The summed E-state index contributed by atoms with van der Waals surface area (Å²) in [5, 5.41) is 4.45. The number of hydrogen-bond donors (Lipinski definition) is 1. The number of aryl methyl sites for hydroxylation is 2. The molecule has 0 unspecified atom stereocenters. The number of benzene rings is 1. The second-order valence-electron chi connectivity index (χ2n) is 4.01. The lowest BCUT2D eigenvalue weighted by Gasteiger charge is -2.09. The van der Waals surface area contributed by atoms with Crippen LogP contribution in [0.25, 0.3) is 0 Å². The molecule has 0 aliphatic carbocycles. The van der Waals surface area contributed by atoms with Crippen molar-refractivity contribution in [2.45, 2.75) is 26.8 Å². The van der Waals surface area contributed by atoms with Gasteiger partial charge in [-0.2, -0.15) is 0 Å². The van der Waals surface area contributed by atoms with Gasteiger partial charge in [-0.15, -0.1) is 11.3 Å². The van der Waals surface area contributed by atoms with Gasteiger partial charge in [-0.05, 0) is 47.0 Å². The van der Waals surface area contributed by atoms with Crippen molar-refractivity contribution in [1.29, 1.82) is 0 Å². The Balaban J connectivity index is 2.08. The fourth-order valence-corrected chi connectivity index (χ4v) is 2.76. The SMILES string of the molecule is CCc1ncc(CNc2cc(Br)c(F)cc2C)s1. The summed E-state index contributed by atoms with van der Waals surface area (Å²) in [5.41, 5.74) is 1.84. The zero-order valence-corrected chi connectivity index (χ0v) is 12.7. The fourth-order valence-electron chi connectivity index (χ4n) is 1.61. The Kier molecular flexibility index (Phi) is 4.35. The van der Waals surface area contributed by atoms with Gasteiger partial charge in [0.2, 0.25) is 0 Å². The molecule has 0 amide bonds. The molecule has 18 heavy (non-hydrogen) atoms. The molecule has 0 bridgehead atoms. The van der Waals surface area contributed by atoms with Gasteiger partial charge in [0, 0.05) is 16.8 Å². The topological polar surface area (TPSA) is 24.9 Å². The Morgan fingerprint density at radius 1 is 1.44 bits per heavy atom. The summed E-state index contributed by atoms with van der Waals surface area (Å²) in [6, 6.07) is 3.29. The first-order valence-corrected chi connectivity index (χ1v) is 7.34. The van der Waals surface area contributed by atoms with Gasteiger partial charge in [0.15, 0.2) is 0 Å². The largest absolute Gasteiger partial charge is 0.380 e. The number of aromatic nitrogens is 1. The van der Waals surface area contributed by atoms with E-state index in [1.54, 1.807) is 17.4 Å². The van der Waals surface area contributed by atoms with Gasteiger partial charge >= 0.3 is 0 Å². The van der Waals surface area contributed by atoms with Gasteiger partial charge in [-0.25, -0.2) is 9.37 Å². The quantitative estimate of drug-likeness (QED) is 0.891. The fraction of sp³-hybridized carbons (Fsp3) is 0.308. The average Bonchev–Trinajstić information content (AvgIpc) is 2.80. The molecule has 0 saturated heterocycles. The molecular weight excluding hydrogens is 315 g/mol. The van der Waals surface area contributed by atoms with Crippen LogP contribution in [0.4, 0.5) is 10.1 Å². The zero-order chi connectivity index (χ0) is 13.1. The summed E-state index contributed by atoms with van der Waals surface area (Å²) >= 11 is 4.90. The number of anilines is 1. The molecule has 0 saturated carbocycles. The molecule has 1 aromatic heterocycles. The maximum atomic E-state index is 13.3. The van der Waals surface area contributed by atoms with E-state index in [1.807, 2.05) is 13.1 Å². The van der Waals surface area contributed by atoms with E-state index in [0.717, 1.165) is 29.2 Å². The van der Waals surface area contributed by atoms with Crippen LogP contribution < -0.4 is 5.32 Å². The summed E-state index contributed by atoms with van der Waals surface area (Å²) in [4.78, 5) is 5.50. The van der Waals surface area contributed by atoms with Crippen LogP contribution in [0.2, 0.25) is 0 Å². The first kappa shape index (κ1) is 13.5. The first-order valence-electron chi connectivity index (χ1n) is 5.73. The Hall–Kier alpha value is -0.940. The third kappa shape index (κ3) is 3.09. The molecule has 2 rings (SSSR count). The van der Waals surface area contributed by atoms with E-state index < -0.39 is 0 Å². The second-order valence-corrected chi connectivity index (χ2v) is 6.06.